The topological polar surface area (TPSA) is 46.5 Å². The van der Waals surface area contributed by atoms with Gasteiger partial charge >= 0.3 is 0 Å². The summed E-state index contributed by atoms with van der Waals surface area (Å²) < 4.78 is 5.51. The number of rotatable bonds is 2. The summed E-state index contributed by atoms with van der Waals surface area (Å²) in [7, 11) is 0. The summed E-state index contributed by atoms with van der Waals surface area (Å²) in [6.45, 7) is 5.74. The SMILES string of the molecule is CC(C)(C)Oc1ccc(C=O)c(O)c1. The summed E-state index contributed by atoms with van der Waals surface area (Å²) in [5.74, 6) is 0.502. The van der Waals surface area contributed by atoms with E-state index in [9.17, 15) is 9.90 Å². The van der Waals surface area contributed by atoms with Crippen molar-refractivity contribution in [1.29, 1.82) is 0 Å². The van der Waals surface area contributed by atoms with Crippen molar-refractivity contribution in [2.45, 2.75) is 26.4 Å². The number of benzene rings is 1. The van der Waals surface area contributed by atoms with Gasteiger partial charge in [-0.15, -0.1) is 0 Å². The molecule has 0 aliphatic heterocycles. The summed E-state index contributed by atoms with van der Waals surface area (Å²) in [6, 6.07) is 4.63. The lowest BCUT2D eigenvalue weighted by Crippen LogP contribution is -2.22. The summed E-state index contributed by atoms with van der Waals surface area (Å²) in [4.78, 5) is 10.4. The molecule has 0 fully saturated rings. The van der Waals surface area contributed by atoms with Crippen LogP contribution < -0.4 is 4.74 Å². The molecule has 0 amide bonds. The van der Waals surface area contributed by atoms with E-state index in [0.717, 1.165) is 0 Å². The Morgan fingerprint density at radius 2 is 2.00 bits per heavy atom. The van der Waals surface area contributed by atoms with E-state index < -0.39 is 0 Å². The Balaban J connectivity index is 2.92. The van der Waals surface area contributed by atoms with E-state index in [2.05, 4.69) is 0 Å². The Morgan fingerprint density at radius 1 is 1.36 bits per heavy atom. The van der Waals surface area contributed by atoms with E-state index in [1.54, 1.807) is 6.07 Å². The first kappa shape index (κ1) is 10.6. The monoisotopic (exact) mass is 194 g/mol. The minimum Gasteiger partial charge on any atom is -0.507 e. The lowest BCUT2D eigenvalue weighted by atomic mass is 10.1. The number of hydrogen-bond donors (Lipinski definition) is 1. The number of phenols is 1. The predicted molar refractivity (Wildman–Crippen MR) is 53.9 cm³/mol. The van der Waals surface area contributed by atoms with Crippen LogP contribution in [-0.4, -0.2) is 17.0 Å². The molecule has 0 saturated carbocycles. The van der Waals surface area contributed by atoms with Gasteiger partial charge in [-0.1, -0.05) is 0 Å². The molecule has 0 radical (unpaired) electrons. The molecular formula is C11H14O3. The molecule has 0 spiro atoms. The predicted octanol–water partition coefficient (Wildman–Crippen LogP) is 2.38. The van der Waals surface area contributed by atoms with E-state index in [4.69, 9.17) is 4.74 Å². The van der Waals surface area contributed by atoms with Crippen molar-refractivity contribution < 1.29 is 14.6 Å². The van der Waals surface area contributed by atoms with Gasteiger partial charge in [0.15, 0.2) is 6.29 Å². The van der Waals surface area contributed by atoms with Crippen LogP contribution in [0.3, 0.4) is 0 Å². The molecule has 0 bridgehead atoms. The van der Waals surface area contributed by atoms with Crippen molar-refractivity contribution in [2.75, 3.05) is 0 Å². The minimum atomic E-state index is -0.310. The van der Waals surface area contributed by atoms with Gasteiger partial charge in [0.25, 0.3) is 0 Å². The van der Waals surface area contributed by atoms with Crippen molar-refractivity contribution in [3.63, 3.8) is 0 Å². The molecule has 0 unspecified atom stereocenters. The minimum absolute atomic E-state index is 0.0539. The van der Waals surface area contributed by atoms with Gasteiger partial charge in [0, 0.05) is 6.07 Å². The molecule has 1 N–H and O–H groups in total. The van der Waals surface area contributed by atoms with E-state index in [-0.39, 0.29) is 16.9 Å². The lowest BCUT2D eigenvalue weighted by molar-refractivity contribution is 0.112. The number of aromatic hydroxyl groups is 1. The van der Waals surface area contributed by atoms with E-state index in [0.29, 0.717) is 12.0 Å². The summed E-state index contributed by atoms with van der Waals surface area (Å²) in [6.07, 6.45) is 0.607. The van der Waals surface area contributed by atoms with Crippen molar-refractivity contribution in [2.24, 2.45) is 0 Å². The molecule has 0 aromatic heterocycles. The van der Waals surface area contributed by atoms with Gasteiger partial charge in [-0.25, -0.2) is 0 Å². The number of ether oxygens (including phenoxy) is 1. The van der Waals surface area contributed by atoms with Crippen LogP contribution in [0.25, 0.3) is 0 Å². The Morgan fingerprint density at radius 3 is 2.43 bits per heavy atom. The Labute approximate surface area is 83.3 Å². The molecule has 0 aliphatic carbocycles. The number of carbonyl (C=O) groups is 1. The zero-order chi connectivity index (χ0) is 10.8. The van der Waals surface area contributed by atoms with Crippen LogP contribution in [0.4, 0.5) is 0 Å². The molecule has 1 aromatic rings. The van der Waals surface area contributed by atoms with Crippen LogP contribution in [0.5, 0.6) is 11.5 Å². The smallest absolute Gasteiger partial charge is 0.153 e. The first-order valence-corrected chi connectivity index (χ1v) is 4.39. The molecule has 0 saturated heterocycles. The molecule has 0 atom stereocenters. The van der Waals surface area contributed by atoms with Crippen LogP contribution in [0, 0.1) is 0 Å². The number of phenolic OH excluding ortho intramolecular Hbond substituents is 1. The van der Waals surface area contributed by atoms with E-state index in [1.807, 2.05) is 20.8 Å². The third-order valence-corrected chi connectivity index (χ3v) is 1.55. The van der Waals surface area contributed by atoms with Crippen molar-refractivity contribution in [3.05, 3.63) is 23.8 Å². The Kier molecular flexibility index (Phi) is 2.79. The van der Waals surface area contributed by atoms with Gasteiger partial charge in [0.05, 0.1) is 5.56 Å². The lowest BCUT2D eigenvalue weighted by Gasteiger charge is -2.21. The number of carbonyl (C=O) groups excluding carboxylic acids is 1. The van der Waals surface area contributed by atoms with Gasteiger partial charge in [-0.05, 0) is 32.9 Å². The van der Waals surface area contributed by atoms with Crippen molar-refractivity contribution in [3.8, 4) is 11.5 Å². The fraction of sp³-hybridized carbons (Fsp3) is 0.364. The van der Waals surface area contributed by atoms with Crippen LogP contribution in [0.2, 0.25) is 0 Å². The molecule has 14 heavy (non-hydrogen) atoms. The fourth-order valence-electron chi connectivity index (χ4n) is 1.04. The van der Waals surface area contributed by atoms with Crippen molar-refractivity contribution >= 4 is 6.29 Å². The standard InChI is InChI=1S/C11H14O3/c1-11(2,3)14-9-5-4-8(7-12)10(13)6-9/h4-7,13H,1-3H3. The second-order valence-electron chi connectivity index (χ2n) is 4.05. The maximum Gasteiger partial charge on any atom is 0.153 e. The van der Waals surface area contributed by atoms with Gasteiger partial charge in [0.2, 0.25) is 0 Å². The average molecular weight is 194 g/mol. The highest BCUT2D eigenvalue weighted by molar-refractivity contribution is 5.79. The molecular weight excluding hydrogens is 180 g/mol. The largest absolute Gasteiger partial charge is 0.507 e. The van der Waals surface area contributed by atoms with E-state index >= 15 is 0 Å². The highest BCUT2D eigenvalue weighted by atomic mass is 16.5. The fourth-order valence-corrected chi connectivity index (χ4v) is 1.04. The van der Waals surface area contributed by atoms with Gasteiger partial charge in [-0.2, -0.15) is 0 Å². The van der Waals surface area contributed by atoms with Gasteiger partial charge in [-0.3, -0.25) is 4.79 Å². The normalized spacial score (nSPS) is 11.1. The van der Waals surface area contributed by atoms with Crippen LogP contribution in [-0.2, 0) is 0 Å². The third-order valence-electron chi connectivity index (χ3n) is 1.55. The second kappa shape index (κ2) is 3.70. The first-order valence-electron chi connectivity index (χ1n) is 4.39. The zero-order valence-electron chi connectivity index (χ0n) is 8.57. The Bertz CT molecular complexity index is 337. The quantitative estimate of drug-likeness (QED) is 0.735. The zero-order valence-corrected chi connectivity index (χ0v) is 8.57. The Hall–Kier alpha value is -1.51. The van der Waals surface area contributed by atoms with Crippen LogP contribution in [0.1, 0.15) is 31.1 Å². The molecule has 1 rings (SSSR count). The molecule has 3 heteroatoms. The summed E-state index contributed by atoms with van der Waals surface area (Å²) in [5, 5.41) is 9.38. The highest BCUT2D eigenvalue weighted by Gasteiger charge is 2.12. The second-order valence-corrected chi connectivity index (χ2v) is 4.05. The molecule has 3 nitrogen and oxygen atoms in total. The van der Waals surface area contributed by atoms with Crippen LogP contribution >= 0.6 is 0 Å². The van der Waals surface area contributed by atoms with Gasteiger partial charge in [0.1, 0.15) is 17.1 Å². The maximum absolute atomic E-state index is 10.4. The van der Waals surface area contributed by atoms with Crippen LogP contribution in [0.15, 0.2) is 18.2 Å². The number of aldehydes is 1. The summed E-state index contributed by atoms with van der Waals surface area (Å²) >= 11 is 0. The summed E-state index contributed by atoms with van der Waals surface area (Å²) in [5.41, 5.74) is -0.0407. The molecule has 0 aliphatic rings. The average Bonchev–Trinajstić information content (AvgIpc) is 2.01. The van der Waals surface area contributed by atoms with Gasteiger partial charge < -0.3 is 9.84 Å². The first-order chi connectivity index (χ1) is 6.42. The van der Waals surface area contributed by atoms with Crippen molar-refractivity contribution in [1.82, 2.24) is 0 Å². The molecule has 0 heterocycles. The number of hydrogen-bond acceptors (Lipinski definition) is 3. The highest BCUT2D eigenvalue weighted by Crippen LogP contribution is 2.25. The molecule has 1 aromatic carbocycles. The molecule has 76 valence electrons. The maximum atomic E-state index is 10.4. The van der Waals surface area contributed by atoms with E-state index in [1.165, 1.54) is 12.1 Å². The third kappa shape index (κ3) is 2.76.